The summed E-state index contributed by atoms with van der Waals surface area (Å²) in [4.78, 5) is 16.6. The number of hydrogen-bond donors (Lipinski definition) is 1. The molecule has 30 heavy (non-hydrogen) atoms. The SMILES string of the molecule is O=C(Nc1cccc(CSC2CCOCC2)c1)c1ccc(Oc2cccnc2)cc1. The van der Waals surface area contributed by atoms with Crippen LogP contribution in [-0.2, 0) is 10.5 Å². The van der Waals surface area contributed by atoms with Crippen molar-refractivity contribution in [2.75, 3.05) is 18.5 Å². The summed E-state index contributed by atoms with van der Waals surface area (Å²) in [5.41, 5.74) is 2.60. The Hall–Kier alpha value is -2.83. The lowest BCUT2D eigenvalue weighted by Gasteiger charge is -2.21. The monoisotopic (exact) mass is 420 g/mol. The van der Waals surface area contributed by atoms with E-state index in [-0.39, 0.29) is 5.91 Å². The number of carbonyl (C=O) groups excluding carboxylic acids is 1. The van der Waals surface area contributed by atoms with Crippen LogP contribution in [0.1, 0.15) is 28.8 Å². The van der Waals surface area contributed by atoms with E-state index in [0.29, 0.717) is 22.3 Å². The van der Waals surface area contributed by atoms with Gasteiger partial charge in [0.05, 0.1) is 6.20 Å². The molecule has 1 amide bonds. The van der Waals surface area contributed by atoms with Crippen LogP contribution in [0.15, 0.2) is 73.1 Å². The van der Waals surface area contributed by atoms with Crippen LogP contribution in [0.3, 0.4) is 0 Å². The van der Waals surface area contributed by atoms with Gasteiger partial charge in [0.15, 0.2) is 0 Å². The van der Waals surface area contributed by atoms with Gasteiger partial charge in [-0.1, -0.05) is 12.1 Å². The highest BCUT2D eigenvalue weighted by Gasteiger charge is 2.14. The fourth-order valence-electron chi connectivity index (χ4n) is 3.22. The molecule has 0 bridgehead atoms. The molecule has 1 aromatic heterocycles. The molecule has 0 unspecified atom stereocenters. The van der Waals surface area contributed by atoms with Gasteiger partial charge in [-0.2, -0.15) is 11.8 Å². The maximum atomic E-state index is 12.6. The van der Waals surface area contributed by atoms with Gasteiger partial charge in [-0.25, -0.2) is 0 Å². The summed E-state index contributed by atoms with van der Waals surface area (Å²) >= 11 is 1.97. The Morgan fingerprint density at radius 2 is 1.90 bits per heavy atom. The van der Waals surface area contributed by atoms with E-state index >= 15 is 0 Å². The number of amides is 1. The molecule has 5 nitrogen and oxygen atoms in total. The quantitative estimate of drug-likeness (QED) is 0.544. The standard InChI is InChI=1S/C24H24N2O3S/c27-24(19-6-8-21(9-7-19)29-22-5-2-12-25-16-22)26-20-4-1-3-18(15-20)17-30-23-10-13-28-14-11-23/h1-9,12,15-16,23H,10-11,13-14,17H2,(H,26,27). The molecular weight excluding hydrogens is 396 g/mol. The van der Waals surface area contributed by atoms with Crippen molar-refractivity contribution >= 4 is 23.4 Å². The third-order valence-electron chi connectivity index (χ3n) is 4.83. The van der Waals surface area contributed by atoms with E-state index in [1.807, 2.05) is 42.1 Å². The third-order valence-corrected chi connectivity index (χ3v) is 6.27. The second-order valence-electron chi connectivity index (χ2n) is 7.09. The molecule has 154 valence electrons. The maximum Gasteiger partial charge on any atom is 0.255 e. The summed E-state index contributed by atoms with van der Waals surface area (Å²) in [6, 6.07) is 18.8. The lowest BCUT2D eigenvalue weighted by atomic mass is 10.2. The fraction of sp³-hybridized carbons (Fsp3) is 0.250. The number of benzene rings is 2. The molecule has 1 aliphatic rings. The van der Waals surface area contributed by atoms with E-state index in [1.54, 1.807) is 36.7 Å². The molecule has 0 saturated carbocycles. The Bertz CT molecular complexity index is 958. The van der Waals surface area contributed by atoms with E-state index in [2.05, 4.69) is 16.4 Å². The number of pyridine rings is 1. The topological polar surface area (TPSA) is 60.5 Å². The van der Waals surface area contributed by atoms with Crippen LogP contribution in [0.2, 0.25) is 0 Å². The maximum absolute atomic E-state index is 12.6. The van der Waals surface area contributed by atoms with Crippen molar-refractivity contribution in [3.05, 3.63) is 84.2 Å². The molecule has 3 aromatic rings. The van der Waals surface area contributed by atoms with Gasteiger partial charge in [0, 0.05) is 41.7 Å². The van der Waals surface area contributed by atoms with Gasteiger partial charge in [-0.3, -0.25) is 9.78 Å². The number of carbonyl (C=O) groups is 1. The highest BCUT2D eigenvalue weighted by molar-refractivity contribution is 7.99. The van der Waals surface area contributed by atoms with Crippen molar-refractivity contribution in [3.63, 3.8) is 0 Å². The Morgan fingerprint density at radius 1 is 1.07 bits per heavy atom. The minimum absolute atomic E-state index is 0.142. The van der Waals surface area contributed by atoms with Crippen molar-refractivity contribution in [3.8, 4) is 11.5 Å². The van der Waals surface area contributed by atoms with Crippen LogP contribution in [0.5, 0.6) is 11.5 Å². The van der Waals surface area contributed by atoms with Crippen molar-refractivity contribution < 1.29 is 14.3 Å². The van der Waals surface area contributed by atoms with Gasteiger partial charge in [-0.15, -0.1) is 0 Å². The molecular formula is C24H24N2O3S. The highest BCUT2D eigenvalue weighted by Crippen LogP contribution is 2.27. The number of ether oxygens (including phenoxy) is 2. The third kappa shape index (κ3) is 5.84. The van der Waals surface area contributed by atoms with E-state index in [1.165, 1.54) is 5.56 Å². The molecule has 1 fully saturated rings. The van der Waals surface area contributed by atoms with Gasteiger partial charge in [0.25, 0.3) is 5.91 Å². The predicted molar refractivity (Wildman–Crippen MR) is 120 cm³/mol. The smallest absolute Gasteiger partial charge is 0.255 e. The molecule has 1 N–H and O–H groups in total. The summed E-state index contributed by atoms with van der Waals surface area (Å²) < 4.78 is 11.1. The van der Waals surface area contributed by atoms with Crippen LogP contribution in [0.4, 0.5) is 5.69 Å². The molecule has 0 atom stereocenters. The molecule has 2 heterocycles. The van der Waals surface area contributed by atoms with Gasteiger partial charge in [0.1, 0.15) is 11.5 Å². The van der Waals surface area contributed by atoms with Gasteiger partial charge < -0.3 is 14.8 Å². The first kappa shape index (κ1) is 20.4. The number of rotatable bonds is 7. The fourth-order valence-corrected chi connectivity index (χ4v) is 4.35. The zero-order valence-electron chi connectivity index (χ0n) is 16.6. The second kappa shape index (κ2) is 10.3. The number of anilines is 1. The Balaban J connectivity index is 1.33. The molecule has 2 aromatic carbocycles. The molecule has 1 saturated heterocycles. The van der Waals surface area contributed by atoms with Crippen molar-refractivity contribution in [2.24, 2.45) is 0 Å². The van der Waals surface area contributed by atoms with Crippen LogP contribution in [0.25, 0.3) is 0 Å². The van der Waals surface area contributed by atoms with Crippen LogP contribution >= 0.6 is 11.8 Å². The predicted octanol–water partition coefficient (Wildman–Crippen LogP) is 5.54. The number of aromatic nitrogens is 1. The lowest BCUT2D eigenvalue weighted by Crippen LogP contribution is -2.17. The van der Waals surface area contributed by atoms with Crippen LogP contribution in [0, 0.1) is 0 Å². The zero-order valence-corrected chi connectivity index (χ0v) is 17.4. The first-order valence-electron chi connectivity index (χ1n) is 10.0. The first-order valence-corrected chi connectivity index (χ1v) is 11.1. The molecule has 0 aliphatic carbocycles. The van der Waals surface area contributed by atoms with Crippen molar-refractivity contribution in [2.45, 2.75) is 23.8 Å². The largest absolute Gasteiger partial charge is 0.456 e. The number of nitrogens with zero attached hydrogens (tertiary/aromatic N) is 1. The second-order valence-corrected chi connectivity index (χ2v) is 8.38. The Morgan fingerprint density at radius 3 is 2.67 bits per heavy atom. The average Bonchev–Trinajstić information content (AvgIpc) is 2.80. The Kier molecular flexibility index (Phi) is 7.00. The summed E-state index contributed by atoms with van der Waals surface area (Å²) in [5.74, 6) is 2.11. The molecule has 0 radical (unpaired) electrons. The molecule has 0 spiro atoms. The molecule has 4 rings (SSSR count). The van der Waals surface area contributed by atoms with E-state index in [4.69, 9.17) is 9.47 Å². The summed E-state index contributed by atoms with van der Waals surface area (Å²) in [6.45, 7) is 1.72. The Labute approximate surface area is 180 Å². The number of nitrogens with one attached hydrogen (secondary N) is 1. The minimum Gasteiger partial charge on any atom is -0.456 e. The van der Waals surface area contributed by atoms with Crippen LogP contribution < -0.4 is 10.1 Å². The molecule has 6 heteroatoms. The lowest BCUT2D eigenvalue weighted by molar-refractivity contribution is 0.1000. The summed E-state index contributed by atoms with van der Waals surface area (Å²) in [6.07, 6.45) is 5.57. The minimum atomic E-state index is -0.142. The first-order chi connectivity index (χ1) is 14.8. The van der Waals surface area contributed by atoms with Gasteiger partial charge >= 0.3 is 0 Å². The zero-order chi connectivity index (χ0) is 20.6. The number of hydrogen-bond acceptors (Lipinski definition) is 5. The van der Waals surface area contributed by atoms with E-state index in [9.17, 15) is 4.79 Å². The van der Waals surface area contributed by atoms with Gasteiger partial charge in [-0.05, 0) is 66.9 Å². The van der Waals surface area contributed by atoms with Crippen molar-refractivity contribution in [1.82, 2.24) is 4.98 Å². The molecule has 1 aliphatic heterocycles. The van der Waals surface area contributed by atoms with Crippen LogP contribution in [-0.4, -0.2) is 29.4 Å². The van der Waals surface area contributed by atoms with Crippen molar-refractivity contribution in [1.29, 1.82) is 0 Å². The van der Waals surface area contributed by atoms with E-state index < -0.39 is 0 Å². The van der Waals surface area contributed by atoms with E-state index in [0.717, 1.165) is 37.5 Å². The average molecular weight is 421 g/mol. The normalized spacial score (nSPS) is 14.3. The number of thioether (sulfide) groups is 1. The summed E-state index contributed by atoms with van der Waals surface area (Å²) in [7, 11) is 0. The summed E-state index contributed by atoms with van der Waals surface area (Å²) in [5, 5.41) is 3.64. The van der Waals surface area contributed by atoms with Gasteiger partial charge in [0.2, 0.25) is 0 Å². The highest BCUT2D eigenvalue weighted by atomic mass is 32.2.